The van der Waals surface area contributed by atoms with Crippen LogP contribution in [0.4, 0.5) is 0 Å². The van der Waals surface area contributed by atoms with Crippen molar-refractivity contribution in [3.8, 4) is 5.88 Å². The summed E-state index contributed by atoms with van der Waals surface area (Å²) in [4.78, 5) is 8.31. The molecule has 2 rings (SSSR count). The average Bonchev–Trinajstić information content (AvgIpc) is 2.67. The first-order valence-electron chi connectivity index (χ1n) is 5.24. The van der Waals surface area contributed by atoms with Gasteiger partial charge in [-0.1, -0.05) is 0 Å². The monoisotopic (exact) mass is 233 g/mol. The number of hydrogen-bond acceptors (Lipinski definition) is 5. The minimum absolute atomic E-state index is 0.382. The van der Waals surface area contributed by atoms with Crippen molar-refractivity contribution in [3.63, 3.8) is 0 Å². The van der Waals surface area contributed by atoms with Gasteiger partial charge in [0.2, 0.25) is 5.88 Å². The fourth-order valence-corrected chi connectivity index (χ4v) is 1.78. The van der Waals surface area contributed by atoms with Crippen molar-refractivity contribution in [2.45, 2.75) is 13.0 Å². The van der Waals surface area contributed by atoms with Gasteiger partial charge in [-0.05, 0) is 6.92 Å². The van der Waals surface area contributed by atoms with Gasteiger partial charge in [0.15, 0.2) is 0 Å². The molecule has 1 atom stereocenters. The summed E-state index contributed by atoms with van der Waals surface area (Å²) >= 11 is 0. The van der Waals surface area contributed by atoms with Gasteiger partial charge in [0, 0.05) is 31.2 Å². The van der Waals surface area contributed by atoms with Crippen LogP contribution in [-0.2, 0) is 7.05 Å². The summed E-state index contributed by atoms with van der Waals surface area (Å²) in [6.07, 6.45) is 5.06. The van der Waals surface area contributed by atoms with E-state index in [2.05, 4.69) is 15.1 Å². The molecule has 6 nitrogen and oxygen atoms in total. The summed E-state index contributed by atoms with van der Waals surface area (Å²) in [5.41, 5.74) is 8.59. The van der Waals surface area contributed by atoms with Gasteiger partial charge in [-0.15, -0.1) is 0 Å². The molecule has 0 fully saturated rings. The summed E-state index contributed by atoms with van der Waals surface area (Å²) in [6.45, 7) is 1.91. The van der Waals surface area contributed by atoms with Crippen LogP contribution >= 0.6 is 0 Å². The first kappa shape index (κ1) is 11.5. The maximum Gasteiger partial charge on any atom is 0.237 e. The third kappa shape index (κ3) is 2.12. The molecule has 0 radical (unpaired) electrons. The summed E-state index contributed by atoms with van der Waals surface area (Å²) in [5.74, 6) is 0.447. The first-order chi connectivity index (χ1) is 8.13. The molecule has 0 spiro atoms. The summed E-state index contributed by atoms with van der Waals surface area (Å²) in [6, 6.07) is -0.382. The van der Waals surface area contributed by atoms with Crippen LogP contribution in [0.15, 0.2) is 18.6 Å². The molecule has 0 saturated heterocycles. The normalized spacial score (nSPS) is 12.5. The predicted molar refractivity (Wildman–Crippen MR) is 62.6 cm³/mol. The number of nitrogens with zero attached hydrogens (tertiary/aromatic N) is 4. The SMILES string of the molecule is COc1nccnc1C(N)c1cn(C)nc1C. The number of rotatable bonds is 3. The molecular weight excluding hydrogens is 218 g/mol. The smallest absolute Gasteiger partial charge is 0.237 e. The second kappa shape index (κ2) is 4.50. The van der Waals surface area contributed by atoms with Crippen LogP contribution in [0.3, 0.4) is 0 Å². The van der Waals surface area contributed by atoms with Crippen LogP contribution in [0.5, 0.6) is 5.88 Å². The second-order valence-electron chi connectivity index (χ2n) is 3.77. The van der Waals surface area contributed by atoms with Gasteiger partial charge < -0.3 is 10.5 Å². The first-order valence-corrected chi connectivity index (χ1v) is 5.24. The highest BCUT2D eigenvalue weighted by Crippen LogP contribution is 2.25. The molecule has 0 amide bonds. The predicted octanol–water partition coefficient (Wildman–Crippen LogP) is 0.575. The van der Waals surface area contributed by atoms with Crippen molar-refractivity contribution in [2.24, 2.45) is 12.8 Å². The van der Waals surface area contributed by atoms with Crippen molar-refractivity contribution < 1.29 is 4.74 Å². The number of hydrogen-bond donors (Lipinski definition) is 1. The molecule has 2 heterocycles. The Hall–Kier alpha value is -1.95. The van der Waals surface area contributed by atoms with Crippen LogP contribution in [0, 0.1) is 6.92 Å². The summed E-state index contributed by atoms with van der Waals surface area (Å²) in [7, 11) is 3.41. The molecule has 2 aromatic heterocycles. The van der Waals surface area contributed by atoms with E-state index in [1.165, 1.54) is 0 Å². The largest absolute Gasteiger partial charge is 0.480 e. The van der Waals surface area contributed by atoms with Crippen molar-refractivity contribution in [2.75, 3.05) is 7.11 Å². The van der Waals surface area contributed by atoms with E-state index in [1.807, 2.05) is 20.2 Å². The van der Waals surface area contributed by atoms with E-state index in [0.717, 1.165) is 11.3 Å². The lowest BCUT2D eigenvalue weighted by molar-refractivity contribution is 0.387. The zero-order valence-electron chi connectivity index (χ0n) is 10.1. The van der Waals surface area contributed by atoms with Crippen molar-refractivity contribution >= 4 is 0 Å². The van der Waals surface area contributed by atoms with Crippen molar-refractivity contribution in [3.05, 3.63) is 35.5 Å². The van der Waals surface area contributed by atoms with Gasteiger partial charge in [0.25, 0.3) is 0 Å². The number of aromatic nitrogens is 4. The Labute approximate surface area is 99.4 Å². The Morgan fingerprint density at radius 2 is 2.06 bits per heavy atom. The van der Waals surface area contributed by atoms with Crippen LogP contribution in [0.2, 0.25) is 0 Å². The molecular formula is C11H15N5O. The highest BCUT2D eigenvalue weighted by Gasteiger charge is 2.20. The lowest BCUT2D eigenvalue weighted by atomic mass is 10.1. The number of aryl methyl sites for hydroxylation is 2. The van der Waals surface area contributed by atoms with Gasteiger partial charge in [-0.25, -0.2) is 4.98 Å². The maximum atomic E-state index is 6.17. The van der Waals surface area contributed by atoms with Crippen LogP contribution in [0.25, 0.3) is 0 Å². The topological polar surface area (TPSA) is 78.9 Å². The van der Waals surface area contributed by atoms with Gasteiger partial charge in [0.1, 0.15) is 5.69 Å². The lowest BCUT2D eigenvalue weighted by Gasteiger charge is -2.12. The minimum Gasteiger partial charge on any atom is -0.480 e. The quantitative estimate of drug-likeness (QED) is 0.838. The number of nitrogens with two attached hydrogens (primary N) is 1. The molecule has 2 aromatic rings. The van der Waals surface area contributed by atoms with E-state index >= 15 is 0 Å². The highest BCUT2D eigenvalue weighted by molar-refractivity contribution is 5.33. The van der Waals surface area contributed by atoms with Crippen LogP contribution in [0.1, 0.15) is 23.0 Å². The highest BCUT2D eigenvalue weighted by atomic mass is 16.5. The molecule has 1 unspecified atom stereocenters. The third-order valence-electron chi connectivity index (χ3n) is 2.57. The van der Waals surface area contributed by atoms with Crippen molar-refractivity contribution in [1.29, 1.82) is 0 Å². The van der Waals surface area contributed by atoms with Gasteiger partial charge >= 0.3 is 0 Å². The van der Waals surface area contributed by atoms with Gasteiger partial charge in [-0.3, -0.25) is 9.67 Å². The molecule has 6 heteroatoms. The van der Waals surface area contributed by atoms with Crippen LogP contribution < -0.4 is 10.5 Å². The third-order valence-corrected chi connectivity index (χ3v) is 2.57. The molecule has 2 N–H and O–H groups in total. The van der Waals surface area contributed by atoms with E-state index in [-0.39, 0.29) is 6.04 Å². The summed E-state index contributed by atoms with van der Waals surface area (Å²) in [5, 5.41) is 4.26. The van der Waals surface area contributed by atoms with Crippen LogP contribution in [-0.4, -0.2) is 26.9 Å². The summed E-state index contributed by atoms with van der Waals surface area (Å²) < 4.78 is 6.88. The Balaban J connectivity index is 2.43. The molecule has 0 aromatic carbocycles. The zero-order chi connectivity index (χ0) is 12.4. The van der Waals surface area contributed by atoms with E-state index in [1.54, 1.807) is 24.2 Å². The fourth-order valence-electron chi connectivity index (χ4n) is 1.78. The van der Waals surface area contributed by atoms with E-state index in [9.17, 15) is 0 Å². The molecule has 0 aliphatic heterocycles. The van der Waals surface area contributed by atoms with Crippen molar-refractivity contribution in [1.82, 2.24) is 19.7 Å². The molecule has 0 aliphatic carbocycles. The maximum absolute atomic E-state index is 6.17. The minimum atomic E-state index is -0.382. The standard InChI is InChI=1S/C11H15N5O/c1-7-8(6-16(2)15-7)9(12)10-11(17-3)14-5-4-13-10/h4-6,9H,12H2,1-3H3. The second-order valence-corrected chi connectivity index (χ2v) is 3.77. The van der Waals surface area contributed by atoms with Gasteiger partial charge in [-0.2, -0.15) is 5.10 Å². The fraction of sp³-hybridized carbons (Fsp3) is 0.364. The Morgan fingerprint density at radius 1 is 1.35 bits per heavy atom. The zero-order valence-corrected chi connectivity index (χ0v) is 10.1. The molecule has 17 heavy (non-hydrogen) atoms. The Morgan fingerprint density at radius 3 is 2.65 bits per heavy atom. The van der Waals surface area contributed by atoms with Gasteiger partial charge in [0.05, 0.1) is 18.8 Å². The average molecular weight is 233 g/mol. The Kier molecular flexibility index (Phi) is 3.06. The van der Waals surface area contributed by atoms with E-state index in [4.69, 9.17) is 10.5 Å². The number of ether oxygens (including phenoxy) is 1. The van der Waals surface area contributed by atoms with E-state index in [0.29, 0.717) is 11.6 Å². The molecule has 0 aliphatic rings. The molecule has 0 saturated carbocycles. The Bertz CT molecular complexity index is 522. The molecule has 90 valence electrons. The lowest BCUT2D eigenvalue weighted by Crippen LogP contribution is -2.15. The number of methoxy groups -OCH3 is 1. The van der Waals surface area contributed by atoms with E-state index < -0.39 is 0 Å². The molecule has 0 bridgehead atoms.